The highest BCUT2D eigenvalue weighted by molar-refractivity contribution is 8.14. The molecule has 6 rings (SSSR count). The minimum Gasteiger partial charge on any atom is -0.457 e. The maximum absolute atomic E-state index is 6.29. The quantitative estimate of drug-likeness (QED) is 0.443. The molecule has 2 saturated heterocycles. The van der Waals surface area contributed by atoms with Crippen molar-refractivity contribution in [3.8, 4) is 11.5 Å². The minimum absolute atomic E-state index is 0.371. The van der Waals surface area contributed by atoms with E-state index >= 15 is 0 Å². The number of aromatic amines is 1. The van der Waals surface area contributed by atoms with E-state index in [0.717, 1.165) is 110 Å². The molecule has 3 aliphatic heterocycles. The summed E-state index contributed by atoms with van der Waals surface area (Å²) in [6, 6.07) is 17.4. The van der Waals surface area contributed by atoms with Gasteiger partial charge in [-0.15, -0.1) is 11.8 Å². The Morgan fingerprint density at radius 2 is 1.81 bits per heavy atom. The molecule has 1 N–H and O–H groups in total. The summed E-state index contributed by atoms with van der Waals surface area (Å²) in [5.41, 5.74) is 3.41. The zero-order valence-corrected chi connectivity index (χ0v) is 22.3. The molecule has 0 saturated carbocycles. The summed E-state index contributed by atoms with van der Waals surface area (Å²) in [7, 11) is 2.20. The molecule has 0 radical (unpaired) electrons. The number of nitrogens with zero attached hydrogens (tertiary/aromatic N) is 3. The molecule has 0 spiro atoms. The van der Waals surface area contributed by atoms with Crippen molar-refractivity contribution in [3.63, 3.8) is 0 Å². The molecule has 3 aromatic rings. The third-order valence-corrected chi connectivity index (χ3v) is 8.75. The summed E-state index contributed by atoms with van der Waals surface area (Å²) in [6.45, 7) is 6.50. The monoisotopic (exact) mass is 520 g/mol. The summed E-state index contributed by atoms with van der Waals surface area (Å²) in [6.07, 6.45) is 3.16. The van der Waals surface area contributed by atoms with E-state index in [1.807, 2.05) is 42.1 Å². The molecule has 7 nitrogen and oxygen atoms in total. The number of H-pyrrole nitrogens is 1. The molecular formula is C29H36N4O3S. The van der Waals surface area contributed by atoms with Crippen molar-refractivity contribution in [2.24, 2.45) is 4.99 Å². The van der Waals surface area contributed by atoms with E-state index in [1.54, 1.807) is 0 Å². The van der Waals surface area contributed by atoms with Gasteiger partial charge < -0.3 is 24.1 Å². The van der Waals surface area contributed by atoms with Gasteiger partial charge in [-0.3, -0.25) is 9.89 Å². The highest BCUT2D eigenvalue weighted by Crippen LogP contribution is 2.37. The molecule has 3 aliphatic rings. The molecule has 4 heterocycles. The number of rotatable bonds is 8. The minimum atomic E-state index is 0.371. The molecule has 1 aromatic heterocycles. The number of morpholine rings is 1. The fourth-order valence-corrected chi connectivity index (χ4v) is 6.49. The van der Waals surface area contributed by atoms with Gasteiger partial charge >= 0.3 is 0 Å². The van der Waals surface area contributed by atoms with Crippen molar-refractivity contribution in [3.05, 3.63) is 54.2 Å². The number of nitrogens with one attached hydrogen (secondary N) is 1. The van der Waals surface area contributed by atoms with Crippen molar-refractivity contribution >= 4 is 33.4 Å². The van der Waals surface area contributed by atoms with E-state index in [2.05, 4.69) is 40.0 Å². The van der Waals surface area contributed by atoms with Crippen LogP contribution in [0.2, 0.25) is 0 Å². The van der Waals surface area contributed by atoms with Gasteiger partial charge in [-0.25, -0.2) is 0 Å². The Kier molecular flexibility index (Phi) is 7.69. The molecule has 2 fully saturated rings. The van der Waals surface area contributed by atoms with Crippen LogP contribution in [0.5, 0.6) is 11.5 Å². The second-order valence-electron chi connectivity index (χ2n) is 10.1. The van der Waals surface area contributed by atoms with Gasteiger partial charge in [0.2, 0.25) is 0 Å². The fourth-order valence-electron chi connectivity index (χ4n) is 5.41. The van der Waals surface area contributed by atoms with Gasteiger partial charge in [0.15, 0.2) is 0 Å². The van der Waals surface area contributed by atoms with Gasteiger partial charge in [0.1, 0.15) is 16.5 Å². The zero-order valence-electron chi connectivity index (χ0n) is 21.5. The maximum Gasteiger partial charge on any atom is 0.130 e. The lowest BCUT2D eigenvalue weighted by Crippen LogP contribution is -2.37. The lowest BCUT2D eigenvalue weighted by molar-refractivity contribution is 0.0369. The molecule has 0 aliphatic carbocycles. The zero-order chi connectivity index (χ0) is 25.0. The summed E-state index contributed by atoms with van der Waals surface area (Å²) in [5.74, 6) is 2.74. The van der Waals surface area contributed by atoms with Gasteiger partial charge in [0, 0.05) is 63.1 Å². The van der Waals surface area contributed by atoms with Crippen molar-refractivity contribution in [1.29, 1.82) is 0 Å². The molecule has 37 heavy (non-hydrogen) atoms. The third kappa shape index (κ3) is 5.82. The van der Waals surface area contributed by atoms with Gasteiger partial charge in [-0.05, 0) is 43.5 Å². The third-order valence-electron chi connectivity index (χ3n) is 7.60. The Balaban J connectivity index is 1.26. The van der Waals surface area contributed by atoms with Gasteiger partial charge in [-0.1, -0.05) is 18.2 Å². The lowest BCUT2D eigenvalue weighted by atomic mass is 10.1. The molecule has 196 valence electrons. The number of hydrogen-bond acceptors (Lipinski definition) is 7. The SMILES string of the molecule is CN(c1cc(Oc2ccccc2)cc2cc(C3=N[C@@H](CCN4CCOCC4)CS3)[nH]c12)C1CCOCC1. The van der Waals surface area contributed by atoms with E-state index in [4.69, 9.17) is 19.2 Å². The average molecular weight is 521 g/mol. The highest BCUT2D eigenvalue weighted by atomic mass is 32.2. The number of aliphatic imine (C=N–C) groups is 1. The normalized spacial score (nSPS) is 21.3. The predicted octanol–water partition coefficient (Wildman–Crippen LogP) is 5.16. The van der Waals surface area contributed by atoms with Crippen LogP contribution in [0.1, 0.15) is 25.0 Å². The van der Waals surface area contributed by atoms with Crippen LogP contribution in [-0.2, 0) is 9.47 Å². The van der Waals surface area contributed by atoms with Crippen LogP contribution in [0.15, 0.2) is 53.5 Å². The Morgan fingerprint density at radius 1 is 1.03 bits per heavy atom. The average Bonchev–Trinajstić information content (AvgIpc) is 3.60. The van der Waals surface area contributed by atoms with E-state index in [-0.39, 0.29) is 0 Å². The Hall–Kier alpha value is -2.52. The summed E-state index contributed by atoms with van der Waals surface area (Å²) in [5, 5.41) is 2.27. The first-order chi connectivity index (χ1) is 18.2. The fraction of sp³-hybridized carbons (Fsp3) is 0.483. The number of anilines is 1. The number of thioether (sulfide) groups is 1. The first-order valence-corrected chi connectivity index (χ1v) is 14.4. The molecule has 0 bridgehead atoms. The molecule has 0 amide bonds. The molecule has 1 atom stereocenters. The van der Waals surface area contributed by atoms with E-state index < -0.39 is 0 Å². The van der Waals surface area contributed by atoms with Crippen molar-refractivity contribution in [1.82, 2.24) is 9.88 Å². The Labute approximate surface area is 223 Å². The van der Waals surface area contributed by atoms with Crippen LogP contribution < -0.4 is 9.64 Å². The topological polar surface area (TPSA) is 62.3 Å². The predicted molar refractivity (Wildman–Crippen MR) is 152 cm³/mol. The summed E-state index contributed by atoms with van der Waals surface area (Å²) >= 11 is 1.87. The van der Waals surface area contributed by atoms with Crippen LogP contribution >= 0.6 is 11.8 Å². The highest BCUT2D eigenvalue weighted by Gasteiger charge is 2.25. The van der Waals surface area contributed by atoms with Crippen molar-refractivity contribution < 1.29 is 14.2 Å². The van der Waals surface area contributed by atoms with Crippen LogP contribution in [0, 0.1) is 0 Å². The first kappa shape index (κ1) is 24.8. The second-order valence-corrected chi connectivity index (χ2v) is 11.1. The van der Waals surface area contributed by atoms with Crippen molar-refractivity contribution in [2.45, 2.75) is 31.3 Å². The smallest absolute Gasteiger partial charge is 0.130 e. The van der Waals surface area contributed by atoms with Gasteiger partial charge in [0.05, 0.1) is 36.2 Å². The Bertz CT molecular complexity index is 1220. The molecule has 0 unspecified atom stereocenters. The van der Waals surface area contributed by atoms with Crippen LogP contribution in [0.25, 0.3) is 10.9 Å². The number of benzene rings is 2. The number of ether oxygens (including phenoxy) is 3. The van der Waals surface area contributed by atoms with Crippen LogP contribution in [-0.4, -0.2) is 85.9 Å². The Morgan fingerprint density at radius 3 is 2.62 bits per heavy atom. The summed E-state index contributed by atoms with van der Waals surface area (Å²) < 4.78 is 17.4. The maximum atomic E-state index is 6.29. The van der Waals surface area contributed by atoms with E-state index in [1.165, 1.54) is 0 Å². The lowest BCUT2D eigenvalue weighted by Gasteiger charge is -2.33. The number of fused-ring (bicyclic) bond motifs is 1. The van der Waals surface area contributed by atoms with Gasteiger partial charge in [0.25, 0.3) is 0 Å². The molecular weight excluding hydrogens is 484 g/mol. The van der Waals surface area contributed by atoms with Crippen LogP contribution in [0.3, 0.4) is 0 Å². The standard InChI is InChI=1S/C29H36N4O3S/c1-32(23-8-13-34-14-9-23)27-19-25(36-24-5-3-2-4-6-24)17-21-18-26(31-28(21)27)29-30-22(20-37-29)7-10-33-11-15-35-16-12-33/h2-6,17-19,22-23,31H,7-16,20H2,1H3/t22-/m0/s1. The molecule has 2 aromatic carbocycles. The van der Waals surface area contributed by atoms with E-state index in [0.29, 0.717) is 12.1 Å². The second kappa shape index (κ2) is 11.5. The van der Waals surface area contributed by atoms with Gasteiger partial charge in [-0.2, -0.15) is 0 Å². The largest absolute Gasteiger partial charge is 0.457 e. The summed E-state index contributed by atoms with van der Waals surface area (Å²) in [4.78, 5) is 13.8. The number of hydrogen-bond donors (Lipinski definition) is 1. The molecule has 8 heteroatoms. The van der Waals surface area contributed by atoms with E-state index in [9.17, 15) is 0 Å². The van der Waals surface area contributed by atoms with Crippen LogP contribution in [0.4, 0.5) is 5.69 Å². The number of para-hydroxylation sites is 1. The first-order valence-electron chi connectivity index (χ1n) is 13.4. The number of aromatic nitrogens is 1. The van der Waals surface area contributed by atoms with Crippen molar-refractivity contribution in [2.75, 3.05) is 63.8 Å².